The molecule has 1 heterocycles. The number of anilines is 2. The molecule has 0 aromatic heterocycles. The van der Waals surface area contributed by atoms with E-state index in [-0.39, 0.29) is 19.1 Å². The van der Waals surface area contributed by atoms with Crippen molar-refractivity contribution in [1.29, 1.82) is 0 Å². The van der Waals surface area contributed by atoms with Crippen molar-refractivity contribution in [3.05, 3.63) is 60.2 Å². The van der Waals surface area contributed by atoms with E-state index in [1.165, 1.54) is 9.80 Å². The lowest BCUT2D eigenvalue weighted by Gasteiger charge is -2.31. The van der Waals surface area contributed by atoms with Crippen molar-refractivity contribution < 1.29 is 28.7 Å². The third-order valence-electron chi connectivity index (χ3n) is 5.50. The Bertz CT molecular complexity index is 1150. The quantitative estimate of drug-likeness (QED) is 0.610. The lowest BCUT2D eigenvalue weighted by molar-refractivity contribution is -0.144. The smallest absolute Gasteiger partial charge is 0.408 e. The topological polar surface area (TPSA) is 105 Å². The summed E-state index contributed by atoms with van der Waals surface area (Å²) in [5.41, 5.74) is 0.0826. The molecule has 3 amide bonds. The minimum absolute atomic E-state index is 0.0531. The van der Waals surface area contributed by atoms with Gasteiger partial charge in [-0.2, -0.15) is 0 Å². The second kappa shape index (κ2) is 11.0. The van der Waals surface area contributed by atoms with Crippen molar-refractivity contribution in [2.75, 3.05) is 22.9 Å². The predicted molar refractivity (Wildman–Crippen MR) is 140 cm³/mol. The number of nitrogens with one attached hydrogen (secondary N) is 1. The molecule has 0 fully saturated rings. The summed E-state index contributed by atoms with van der Waals surface area (Å²) in [6.07, 6.45) is -0.799. The first-order valence-corrected chi connectivity index (χ1v) is 12.2. The van der Waals surface area contributed by atoms with Crippen LogP contribution >= 0.6 is 0 Å². The van der Waals surface area contributed by atoms with Crippen LogP contribution in [-0.4, -0.2) is 48.6 Å². The van der Waals surface area contributed by atoms with Gasteiger partial charge >= 0.3 is 12.1 Å². The summed E-state index contributed by atoms with van der Waals surface area (Å²) >= 11 is 0. The number of rotatable bonds is 5. The van der Waals surface area contributed by atoms with Gasteiger partial charge in [-0.05, 0) is 38.5 Å². The highest BCUT2D eigenvalue weighted by atomic mass is 16.6. The van der Waals surface area contributed by atoms with Crippen LogP contribution in [0.25, 0.3) is 0 Å². The molecule has 0 saturated heterocycles. The number of benzene rings is 2. The monoisotopic (exact) mass is 509 g/mol. The summed E-state index contributed by atoms with van der Waals surface area (Å²) in [5.74, 6) is -1.42. The molecule has 0 radical (unpaired) electrons. The van der Waals surface area contributed by atoms with Crippen molar-refractivity contribution in [2.45, 2.75) is 59.8 Å². The number of carbonyl (C=O) groups excluding carboxylic acids is 4. The molecule has 1 aliphatic rings. The largest absolute Gasteiger partial charge is 0.459 e. The van der Waals surface area contributed by atoms with Gasteiger partial charge in [-0.1, -0.05) is 63.2 Å². The first kappa shape index (κ1) is 27.7. The highest BCUT2D eigenvalue weighted by molar-refractivity contribution is 6.10. The Kier molecular flexibility index (Phi) is 8.25. The third kappa shape index (κ3) is 7.31. The number of esters is 1. The van der Waals surface area contributed by atoms with Crippen LogP contribution in [0.1, 0.15) is 47.1 Å². The van der Waals surface area contributed by atoms with Gasteiger partial charge in [0, 0.05) is 5.41 Å². The Morgan fingerprint density at radius 2 is 1.51 bits per heavy atom. The van der Waals surface area contributed by atoms with Crippen LogP contribution in [0, 0.1) is 5.41 Å². The number of para-hydroxylation sites is 2. The third-order valence-corrected chi connectivity index (χ3v) is 5.50. The molecule has 1 aliphatic heterocycles. The highest BCUT2D eigenvalue weighted by Crippen LogP contribution is 2.35. The van der Waals surface area contributed by atoms with Gasteiger partial charge in [0.05, 0.1) is 17.9 Å². The lowest BCUT2D eigenvalue weighted by Crippen LogP contribution is -2.55. The van der Waals surface area contributed by atoms with E-state index in [4.69, 9.17) is 9.47 Å². The van der Waals surface area contributed by atoms with Crippen LogP contribution < -0.4 is 15.1 Å². The number of hydrogen-bond acceptors (Lipinski definition) is 6. The Morgan fingerprint density at radius 3 is 2.11 bits per heavy atom. The zero-order valence-electron chi connectivity index (χ0n) is 22.2. The number of ether oxygens (including phenoxy) is 2. The molecule has 1 atom stereocenters. The summed E-state index contributed by atoms with van der Waals surface area (Å²) in [4.78, 5) is 55.4. The van der Waals surface area contributed by atoms with Crippen LogP contribution in [0.4, 0.5) is 16.2 Å². The number of fused-ring (bicyclic) bond motifs is 1. The second-order valence-corrected chi connectivity index (χ2v) is 10.9. The zero-order chi connectivity index (χ0) is 27.4. The van der Waals surface area contributed by atoms with Gasteiger partial charge in [-0.25, -0.2) is 4.79 Å². The first-order valence-electron chi connectivity index (χ1n) is 12.2. The molecule has 9 nitrogen and oxygen atoms in total. The fraction of sp³-hybridized carbons (Fsp3) is 0.429. The van der Waals surface area contributed by atoms with E-state index >= 15 is 0 Å². The van der Waals surface area contributed by atoms with Gasteiger partial charge in [0.2, 0.25) is 5.91 Å². The van der Waals surface area contributed by atoms with Gasteiger partial charge in [0.15, 0.2) is 0 Å². The summed E-state index contributed by atoms with van der Waals surface area (Å²) in [6.45, 7) is 10.00. The maximum atomic E-state index is 13.7. The molecule has 0 aliphatic carbocycles. The van der Waals surface area contributed by atoms with E-state index in [0.717, 1.165) is 5.56 Å². The van der Waals surface area contributed by atoms with E-state index in [2.05, 4.69) is 5.32 Å². The van der Waals surface area contributed by atoms with Gasteiger partial charge in [-0.15, -0.1) is 0 Å². The number of nitrogens with zero attached hydrogens (tertiary/aromatic N) is 2. The van der Waals surface area contributed by atoms with E-state index < -0.39 is 41.6 Å². The van der Waals surface area contributed by atoms with Crippen LogP contribution in [0.3, 0.4) is 0 Å². The predicted octanol–water partition coefficient (Wildman–Crippen LogP) is 4.05. The minimum atomic E-state index is -1.16. The van der Waals surface area contributed by atoms with Crippen molar-refractivity contribution in [1.82, 2.24) is 5.32 Å². The molecule has 2 aromatic rings. The van der Waals surface area contributed by atoms with E-state index in [0.29, 0.717) is 11.4 Å². The van der Waals surface area contributed by atoms with Crippen molar-refractivity contribution in [2.24, 2.45) is 5.41 Å². The molecule has 198 valence electrons. The maximum absolute atomic E-state index is 13.7. The molecule has 3 rings (SSSR count). The number of amides is 3. The van der Waals surface area contributed by atoms with Crippen LogP contribution in [-0.2, 0) is 30.5 Å². The standard InChI is InChI=1S/C28H35N3O6/c1-27(2,3)25(34)31-16-20(29-26(35)37-28(4,5)6)24(33)30(21-14-10-11-15-22(21)31)17-23(32)36-18-19-12-8-7-9-13-19/h7-15,20H,16-18H2,1-6H3,(H,29,35). The molecule has 0 saturated carbocycles. The summed E-state index contributed by atoms with van der Waals surface area (Å²) in [7, 11) is 0. The average molecular weight is 510 g/mol. The normalized spacial score (nSPS) is 15.9. The molecule has 2 aromatic carbocycles. The SMILES string of the molecule is CC(C)(C)OC(=O)NC1CN(C(=O)C(C)(C)C)c2ccccc2N(CC(=O)OCc2ccccc2)C1=O. The van der Waals surface area contributed by atoms with Crippen LogP contribution in [0.5, 0.6) is 0 Å². The summed E-state index contributed by atoms with van der Waals surface area (Å²) in [5, 5.41) is 2.60. The molecule has 1 N–H and O–H groups in total. The number of alkyl carbamates (subject to hydrolysis) is 1. The fourth-order valence-corrected chi connectivity index (χ4v) is 3.82. The van der Waals surface area contributed by atoms with Gasteiger partial charge in [0.1, 0.15) is 24.8 Å². The van der Waals surface area contributed by atoms with E-state index in [9.17, 15) is 19.2 Å². The second-order valence-electron chi connectivity index (χ2n) is 10.9. The molecule has 37 heavy (non-hydrogen) atoms. The average Bonchev–Trinajstić information content (AvgIpc) is 2.92. The summed E-state index contributed by atoms with van der Waals surface area (Å²) in [6, 6.07) is 14.9. The van der Waals surface area contributed by atoms with Crippen molar-refractivity contribution in [3.63, 3.8) is 0 Å². The molecular weight excluding hydrogens is 474 g/mol. The summed E-state index contributed by atoms with van der Waals surface area (Å²) < 4.78 is 10.8. The molecular formula is C28H35N3O6. The lowest BCUT2D eigenvalue weighted by atomic mass is 9.94. The fourth-order valence-electron chi connectivity index (χ4n) is 3.82. The van der Waals surface area contributed by atoms with Crippen molar-refractivity contribution >= 4 is 35.3 Å². The van der Waals surface area contributed by atoms with Gasteiger partial charge < -0.3 is 19.7 Å². The first-order chi connectivity index (χ1) is 17.3. The Hall–Kier alpha value is -3.88. The van der Waals surface area contributed by atoms with Crippen molar-refractivity contribution in [3.8, 4) is 0 Å². The van der Waals surface area contributed by atoms with Crippen LogP contribution in [0.15, 0.2) is 54.6 Å². The zero-order valence-corrected chi connectivity index (χ0v) is 22.2. The Labute approximate surface area is 217 Å². The maximum Gasteiger partial charge on any atom is 0.408 e. The molecule has 1 unspecified atom stereocenters. The molecule has 0 spiro atoms. The minimum Gasteiger partial charge on any atom is -0.459 e. The van der Waals surface area contributed by atoms with Gasteiger partial charge in [-0.3, -0.25) is 19.3 Å². The Morgan fingerprint density at radius 1 is 0.919 bits per heavy atom. The Balaban J connectivity index is 1.95. The van der Waals surface area contributed by atoms with Crippen LogP contribution in [0.2, 0.25) is 0 Å². The van der Waals surface area contributed by atoms with E-state index in [1.807, 2.05) is 30.3 Å². The molecule has 0 bridgehead atoms. The number of carbonyl (C=O) groups is 4. The highest BCUT2D eigenvalue weighted by Gasteiger charge is 2.40. The molecule has 9 heteroatoms. The van der Waals surface area contributed by atoms with Gasteiger partial charge in [0.25, 0.3) is 5.91 Å². The number of hydrogen-bond donors (Lipinski definition) is 1. The van der Waals surface area contributed by atoms with E-state index in [1.54, 1.807) is 65.8 Å².